The number of nitriles is 1. The summed E-state index contributed by atoms with van der Waals surface area (Å²) in [7, 11) is 1.59. The minimum Gasteiger partial charge on any atom is -0.497 e. The molecule has 6 nitrogen and oxygen atoms in total. The van der Waals surface area contributed by atoms with E-state index in [1.807, 2.05) is 19.1 Å². The van der Waals surface area contributed by atoms with Gasteiger partial charge in [0.1, 0.15) is 18.1 Å². The van der Waals surface area contributed by atoms with Crippen LogP contribution in [0.2, 0.25) is 0 Å². The molecule has 1 saturated heterocycles. The zero-order valence-corrected chi connectivity index (χ0v) is 14.1. The number of hydrogen-bond acceptors (Lipinski definition) is 5. The maximum Gasteiger partial charge on any atom is 0.415 e. The minimum absolute atomic E-state index is 0.220. The molecule has 1 amide bonds. The van der Waals surface area contributed by atoms with Gasteiger partial charge in [0.05, 0.1) is 25.3 Å². The summed E-state index contributed by atoms with van der Waals surface area (Å²) in [5, 5.41) is 8.81. The summed E-state index contributed by atoms with van der Waals surface area (Å²) in [5.74, 6) is 1.35. The van der Waals surface area contributed by atoms with Crippen molar-refractivity contribution in [2.45, 2.75) is 12.5 Å². The largest absolute Gasteiger partial charge is 0.497 e. The first-order valence-corrected chi connectivity index (χ1v) is 7.80. The lowest BCUT2D eigenvalue weighted by atomic mass is 10.1. The van der Waals surface area contributed by atoms with Gasteiger partial charge in [0, 0.05) is 5.69 Å². The van der Waals surface area contributed by atoms with Crippen molar-refractivity contribution < 1.29 is 19.0 Å². The van der Waals surface area contributed by atoms with E-state index in [9.17, 15) is 4.79 Å². The molecule has 0 spiro atoms. The smallest absolute Gasteiger partial charge is 0.415 e. The van der Waals surface area contributed by atoms with Crippen molar-refractivity contribution >= 4 is 11.8 Å². The van der Waals surface area contributed by atoms with Crippen LogP contribution in [0.3, 0.4) is 0 Å². The average Bonchev–Trinajstić information content (AvgIpc) is 2.95. The molecule has 1 heterocycles. The third-order valence-electron chi connectivity index (χ3n) is 3.96. The zero-order chi connectivity index (χ0) is 17.9. The second kappa shape index (κ2) is 6.73. The Balaban J connectivity index is 1.65. The van der Waals surface area contributed by atoms with Gasteiger partial charge < -0.3 is 14.2 Å². The van der Waals surface area contributed by atoms with Crippen LogP contribution in [0.1, 0.15) is 12.5 Å². The van der Waals surface area contributed by atoms with Gasteiger partial charge in [0.25, 0.3) is 0 Å². The van der Waals surface area contributed by atoms with Crippen LogP contribution in [0.5, 0.6) is 11.5 Å². The molecule has 128 valence electrons. The topological polar surface area (TPSA) is 71.8 Å². The fourth-order valence-corrected chi connectivity index (χ4v) is 2.59. The van der Waals surface area contributed by atoms with Crippen LogP contribution in [-0.2, 0) is 4.74 Å². The number of nitrogens with zero attached hydrogens (tertiary/aromatic N) is 2. The monoisotopic (exact) mass is 338 g/mol. The van der Waals surface area contributed by atoms with Crippen LogP contribution in [0.15, 0.2) is 48.5 Å². The molecule has 3 rings (SSSR count). The number of methoxy groups -OCH3 is 1. The molecule has 6 heteroatoms. The van der Waals surface area contributed by atoms with Crippen LogP contribution in [-0.4, -0.2) is 32.0 Å². The molecule has 0 unspecified atom stereocenters. The molecule has 0 N–H and O–H groups in total. The normalized spacial score (nSPS) is 19.2. The number of cyclic esters (lactones) is 1. The molecule has 1 aliphatic rings. The first kappa shape index (κ1) is 16.7. The first-order valence-electron chi connectivity index (χ1n) is 7.80. The summed E-state index contributed by atoms with van der Waals surface area (Å²) >= 11 is 0. The van der Waals surface area contributed by atoms with Gasteiger partial charge in [0.15, 0.2) is 5.60 Å². The van der Waals surface area contributed by atoms with Crippen molar-refractivity contribution in [1.29, 1.82) is 5.26 Å². The van der Waals surface area contributed by atoms with Crippen molar-refractivity contribution in [3.05, 3.63) is 54.1 Å². The summed E-state index contributed by atoms with van der Waals surface area (Å²) in [5.41, 5.74) is 0.551. The molecule has 25 heavy (non-hydrogen) atoms. The maximum atomic E-state index is 12.2. The van der Waals surface area contributed by atoms with Crippen LogP contribution >= 0.6 is 0 Å². The fraction of sp³-hybridized carbons (Fsp3) is 0.263. The number of amides is 1. The molecular formula is C19H18N2O4. The van der Waals surface area contributed by atoms with Crippen molar-refractivity contribution in [1.82, 2.24) is 0 Å². The van der Waals surface area contributed by atoms with E-state index >= 15 is 0 Å². The lowest BCUT2D eigenvalue weighted by Gasteiger charge is -2.22. The highest BCUT2D eigenvalue weighted by Crippen LogP contribution is 2.29. The summed E-state index contributed by atoms with van der Waals surface area (Å²) in [4.78, 5) is 13.8. The van der Waals surface area contributed by atoms with Gasteiger partial charge in [-0.3, -0.25) is 4.90 Å². The summed E-state index contributed by atoms with van der Waals surface area (Å²) in [6, 6.07) is 16.1. The number of benzene rings is 2. The van der Waals surface area contributed by atoms with Gasteiger partial charge in [-0.2, -0.15) is 5.26 Å². The second-order valence-electron chi connectivity index (χ2n) is 6.03. The highest BCUT2D eigenvalue weighted by molar-refractivity contribution is 5.90. The second-order valence-corrected chi connectivity index (χ2v) is 6.03. The number of hydrogen-bond donors (Lipinski definition) is 0. The molecule has 2 aromatic rings. The van der Waals surface area contributed by atoms with E-state index in [2.05, 4.69) is 6.07 Å². The highest BCUT2D eigenvalue weighted by Gasteiger charge is 2.43. The lowest BCUT2D eigenvalue weighted by molar-refractivity contribution is 0.0308. The van der Waals surface area contributed by atoms with Gasteiger partial charge in [0.2, 0.25) is 0 Å². The lowest BCUT2D eigenvalue weighted by Crippen LogP contribution is -2.37. The van der Waals surface area contributed by atoms with Crippen molar-refractivity contribution in [3.63, 3.8) is 0 Å². The van der Waals surface area contributed by atoms with E-state index in [0.717, 1.165) is 11.4 Å². The Hall–Kier alpha value is -3.20. The molecule has 0 aromatic heterocycles. The van der Waals surface area contributed by atoms with E-state index in [-0.39, 0.29) is 6.61 Å². The van der Waals surface area contributed by atoms with Crippen LogP contribution in [0.4, 0.5) is 10.5 Å². The highest BCUT2D eigenvalue weighted by atomic mass is 16.6. The third kappa shape index (κ3) is 3.66. The van der Waals surface area contributed by atoms with Gasteiger partial charge in [-0.05, 0) is 55.5 Å². The first-order chi connectivity index (χ1) is 12.0. The Kier molecular flexibility index (Phi) is 4.48. The van der Waals surface area contributed by atoms with Crippen LogP contribution in [0, 0.1) is 11.3 Å². The molecule has 1 aliphatic heterocycles. The Labute approximate surface area is 146 Å². The van der Waals surface area contributed by atoms with Crippen molar-refractivity contribution in [2.75, 3.05) is 25.2 Å². The van der Waals surface area contributed by atoms with Crippen molar-refractivity contribution in [3.8, 4) is 17.6 Å². The summed E-state index contributed by atoms with van der Waals surface area (Å²) < 4.78 is 16.4. The van der Waals surface area contributed by atoms with E-state index < -0.39 is 11.7 Å². The minimum atomic E-state index is -0.759. The quantitative estimate of drug-likeness (QED) is 0.836. The molecule has 2 aromatic carbocycles. The Bertz CT molecular complexity index is 796. The van der Waals surface area contributed by atoms with Gasteiger partial charge in [-0.1, -0.05) is 0 Å². The fourth-order valence-electron chi connectivity index (χ4n) is 2.59. The third-order valence-corrected chi connectivity index (χ3v) is 3.96. The number of rotatable bonds is 5. The molecular weight excluding hydrogens is 320 g/mol. The van der Waals surface area contributed by atoms with E-state index in [1.165, 1.54) is 0 Å². The van der Waals surface area contributed by atoms with Crippen molar-refractivity contribution in [2.24, 2.45) is 0 Å². The van der Waals surface area contributed by atoms with Gasteiger partial charge in [-0.25, -0.2) is 4.79 Å². The Morgan fingerprint density at radius 1 is 1.16 bits per heavy atom. The molecule has 0 saturated carbocycles. The van der Waals surface area contributed by atoms with E-state index in [4.69, 9.17) is 19.5 Å². The van der Waals surface area contributed by atoms with Gasteiger partial charge in [-0.15, -0.1) is 0 Å². The van der Waals surface area contributed by atoms with Crippen LogP contribution < -0.4 is 14.4 Å². The molecule has 0 bridgehead atoms. The number of carbonyl (C=O) groups excluding carboxylic acids is 1. The molecule has 1 atom stereocenters. The number of carbonyl (C=O) groups is 1. The zero-order valence-electron chi connectivity index (χ0n) is 14.1. The Morgan fingerprint density at radius 2 is 1.80 bits per heavy atom. The number of ether oxygens (including phenoxy) is 3. The predicted octanol–water partition coefficient (Wildman–Crippen LogP) is 3.36. The average molecular weight is 338 g/mol. The summed E-state index contributed by atoms with van der Waals surface area (Å²) in [6.45, 7) is 2.43. The molecule has 1 fully saturated rings. The number of anilines is 1. The summed E-state index contributed by atoms with van der Waals surface area (Å²) in [6.07, 6.45) is -0.406. The predicted molar refractivity (Wildman–Crippen MR) is 91.9 cm³/mol. The molecule has 0 radical (unpaired) electrons. The SMILES string of the molecule is COc1ccc(N2C[C@@](C)(COc3ccc(C#N)cc3)OC2=O)cc1. The van der Waals surface area contributed by atoms with E-state index in [1.54, 1.807) is 48.4 Å². The van der Waals surface area contributed by atoms with E-state index in [0.29, 0.717) is 17.9 Å². The standard InChI is InChI=1S/C19H18N2O4/c1-19(13-24-17-7-3-14(11-20)4-8-17)12-21(18(22)25-19)15-5-9-16(23-2)10-6-15/h3-10H,12-13H2,1-2H3/t19-/m0/s1. The molecule has 0 aliphatic carbocycles. The van der Waals surface area contributed by atoms with Gasteiger partial charge >= 0.3 is 6.09 Å². The van der Waals surface area contributed by atoms with Crippen LogP contribution in [0.25, 0.3) is 0 Å². The Morgan fingerprint density at radius 3 is 2.40 bits per heavy atom. The maximum absolute atomic E-state index is 12.2.